The minimum atomic E-state index is -2.12. The van der Waals surface area contributed by atoms with E-state index in [0.29, 0.717) is 49.9 Å². The van der Waals surface area contributed by atoms with Gasteiger partial charge in [-0.1, -0.05) is 44.5 Å². The lowest BCUT2D eigenvalue weighted by molar-refractivity contribution is -0.201. The Bertz CT molecular complexity index is 1010. The Morgan fingerprint density at radius 3 is 2.33 bits per heavy atom. The van der Waals surface area contributed by atoms with Crippen LogP contribution in [0.4, 0.5) is 0 Å². The molecule has 0 bridgehead atoms. The van der Waals surface area contributed by atoms with Gasteiger partial charge in [-0.05, 0) is 74.9 Å². The van der Waals surface area contributed by atoms with Crippen molar-refractivity contribution in [2.24, 2.45) is 11.8 Å². The molecule has 6 atom stereocenters. The van der Waals surface area contributed by atoms with Crippen molar-refractivity contribution in [3.63, 3.8) is 0 Å². The molecule has 0 aromatic heterocycles. The Kier molecular flexibility index (Phi) is 12.4. The number of benzene rings is 1. The van der Waals surface area contributed by atoms with Crippen LogP contribution in [0.2, 0.25) is 23.2 Å². The van der Waals surface area contributed by atoms with Crippen molar-refractivity contribution in [2.45, 2.75) is 121 Å². The first-order valence-electron chi connectivity index (χ1n) is 15.8. The van der Waals surface area contributed by atoms with Gasteiger partial charge in [-0.3, -0.25) is 0 Å². The van der Waals surface area contributed by atoms with Crippen molar-refractivity contribution in [3.05, 3.63) is 41.1 Å². The van der Waals surface area contributed by atoms with Gasteiger partial charge in [0.1, 0.15) is 17.8 Å². The Morgan fingerprint density at radius 2 is 1.71 bits per heavy atom. The highest BCUT2D eigenvalue weighted by Gasteiger charge is 2.51. The van der Waals surface area contributed by atoms with Crippen molar-refractivity contribution >= 4 is 26.2 Å². The Labute approximate surface area is 258 Å². The van der Waals surface area contributed by atoms with Crippen LogP contribution in [0.15, 0.2) is 36.1 Å². The van der Waals surface area contributed by atoms with Crippen LogP contribution in [0, 0.1) is 11.8 Å². The van der Waals surface area contributed by atoms with Crippen molar-refractivity contribution in [2.75, 3.05) is 19.8 Å². The number of carbonyl (C=O) groups excluding carboxylic acids is 1. The summed E-state index contributed by atoms with van der Waals surface area (Å²) in [5.41, 5.74) is 0. The molecule has 1 aromatic rings. The minimum absolute atomic E-state index is 0.0425. The fourth-order valence-corrected chi connectivity index (χ4v) is 7.43. The predicted molar refractivity (Wildman–Crippen MR) is 167 cm³/mol. The zero-order chi connectivity index (χ0) is 30.2. The number of hydrogen-bond acceptors (Lipinski definition) is 7. The van der Waals surface area contributed by atoms with E-state index in [1.165, 1.54) is 0 Å². The predicted octanol–water partition coefficient (Wildman–Crippen LogP) is 8.06. The van der Waals surface area contributed by atoms with E-state index < -0.39 is 8.32 Å². The SMILES string of the molecule is CC(C)(C)[Si](C)(C)OC1C[C@H](OC2CCCCO2)[C@H](/C(=C\CCOc2ccccc2Cl)OC2CCCCO2)[C@@H]1CC=O. The number of carbonyl (C=O) groups is 1. The third-order valence-electron chi connectivity index (χ3n) is 9.18. The smallest absolute Gasteiger partial charge is 0.199 e. The van der Waals surface area contributed by atoms with Crippen LogP contribution < -0.4 is 4.74 Å². The maximum Gasteiger partial charge on any atom is 0.199 e. The molecule has 4 rings (SSSR count). The van der Waals surface area contributed by atoms with E-state index in [1.54, 1.807) is 0 Å². The van der Waals surface area contributed by atoms with Crippen molar-refractivity contribution in [3.8, 4) is 5.75 Å². The van der Waals surface area contributed by atoms with E-state index in [1.807, 2.05) is 24.3 Å². The molecular formula is C33H51ClO7Si. The molecule has 3 unspecified atom stereocenters. The standard InChI is InChI=1S/C33H51ClO7Si/c1-33(2,3)42(4,5)41-28-23-29(40-31-17-9-11-21-38-31)32(24(28)18-19-35)27(39-30-16-8-10-20-37-30)15-12-22-36-26-14-7-6-13-25(26)34/h6-7,13-15,19,24,28-32H,8-12,16-18,20-23H2,1-5H3/b27-15+/t24-,28?,29+,30?,31?,32+/m1/s1. The summed E-state index contributed by atoms with van der Waals surface area (Å²) in [5, 5.41) is 0.628. The van der Waals surface area contributed by atoms with Crippen LogP contribution in [-0.2, 0) is 28.2 Å². The highest BCUT2D eigenvalue weighted by Crippen LogP contribution is 2.48. The van der Waals surface area contributed by atoms with Crippen molar-refractivity contribution in [1.29, 1.82) is 0 Å². The highest BCUT2D eigenvalue weighted by molar-refractivity contribution is 6.74. The number of para-hydroxylation sites is 1. The van der Waals surface area contributed by atoms with E-state index in [9.17, 15) is 4.79 Å². The summed E-state index contributed by atoms with van der Waals surface area (Å²) in [7, 11) is -2.12. The average molecular weight is 623 g/mol. The normalized spacial score (nSPS) is 29.3. The largest absolute Gasteiger partial charge is 0.492 e. The Balaban J connectivity index is 1.62. The molecule has 7 nitrogen and oxygen atoms in total. The Morgan fingerprint density at radius 1 is 1.02 bits per heavy atom. The first-order valence-corrected chi connectivity index (χ1v) is 19.1. The maximum atomic E-state index is 12.1. The minimum Gasteiger partial charge on any atom is -0.492 e. The van der Waals surface area contributed by atoms with Gasteiger partial charge in [0.05, 0.1) is 30.4 Å². The van der Waals surface area contributed by atoms with Crippen LogP contribution in [0.25, 0.3) is 0 Å². The molecule has 0 amide bonds. The molecule has 2 heterocycles. The number of rotatable bonds is 13. The number of hydrogen-bond donors (Lipinski definition) is 0. The second-order valence-corrected chi connectivity index (χ2v) is 18.5. The second kappa shape index (κ2) is 15.5. The summed E-state index contributed by atoms with van der Waals surface area (Å²) < 4.78 is 38.4. The lowest BCUT2D eigenvalue weighted by Gasteiger charge is -2.40. The number of ether oxygens (including phenoxy) is 5. The van der Waals surface area contributed by atoms with E-state index in [4.69, 9.17) is 39.7 Å². The van der Waals surface area contributed by atoms with Crippen LogP contribution in [0.3, 0.4) is 0 Å². The van der Waals surface area contributed by atoms with Crippen LogP contribution in [0.5, 0.6) is 5.75 Å². The van der Waals surface area contributed by atoms with E-state index in [2.05, 4.69) is 39.9 Å². The molecule has 0 spiro atoms. The molecule has 2 aliphatic heterocycles. The number of aldehydes is 1. The third kappa shape index (κ3) is 9.05. The summed E-state index contributed by atoms with van der Waals surface area (Å²) in [6.45, 7) is 13.1. The molecule has 2 saturated heterocycles. The molecule has 0 radical (unpaired) electrons. The molecular weight excluding hydrogens is 572 g/mol. The average Bonchev–Trinajstić information content (AvgIpc) is 3.27. The number of halogens is 1. The summed E-state index contributed by atoms with van der Waals surface area (Å²) in [6, 6.07) is 7.48. The molecule has 9 heteroatoms. The zero-order valence-electron chi connectivity index (χ0n) is 26.1. The van der Waals surface area contributed by atoms with Gasteiger partial charge >= 0.3 is 0 Å². The van der Waals surface area contributed by atoms with E-state index >= 15 is 0 Å². The molecule has 42 heavy (non-hydrogen) atoms. The van der Waals surface area contributed by atoms with Gasteiger partial charge in [0.2, 0.25) is 0 Å². The molecule has 0 N–H and O–H groups in total. The lowest BCUT2D eigenvalue weighted by Crippen LogP contribution is -2.45. The highest BCUT2D eigenvalue weighted by atomic mass is 35.5. The first-order chi connectivity index (χ1) is 20.1. The quantitative estimate of drug-likeness (QED) is 0.0953. The van der Waals surface area contributed by atoms with Crippen LogP contribution in [-0.4, -0.2) is 59.2 Å². The van der Waals surface area contributed by atoms with Gasteiger partial charge in [0, 0.05) is 37.7 Å². The van der Waals surface area contributed by atoms with Gasteiger partial charge in [-0.15, -0.1) is 0 Å². The van der Waals surface area contributed by atoms with Gasteiger partial charge in [0.15, 0.2) is 20.9 Å². The summed E-state index contributed by atoms with van der Waals surface area (Å²) in [4.78, 5) is 12.1. The third-order valence-corrected chi connectivity index (χ3v) is 14.0. The fraction of sp³-hybridized carbons (Fsp3) is 0.727. The second-order valence-electron chi connectivity index (χ2n) is 13.3. The molecule has 3 aliphatic rings. The van der Waals surface area contributed by atoms with Gasteiger partial charge in [-0.25, -0.2) is 0 Å². The van der Waals surface area contributed by atoms with Gasteiger partial charge in [-0.2, -0.15) is 0 Å². The van der Waals surface area contributed by atoms with E-state index in [-0.39, 0.29) is 41.7 Å². The summed E-state index contributed by atoms with van der Waals surface area (Å²) >= 11 is 6.31. The maximum absolute atomic E-state index is 12.1. The van der Waals surface area contributed by atoms with Gasteiger partial charge < -0.3 is 32.9 Å². The summed E-state index contributed by atoms with van der Waals surface area (Å²) in [5.74, 6) is 1.22. The molecule has 1 aromatic carbocycles. The molecule has 3 fully saturated rings. The van der Waals surface area contributed by atoms with Crippen LogP contribution in [0.1, 0.15) is 78.6 Å². The van der Waals surface area contributed by atoms with Gasteiger partial charge in [0.25, 0.3) is 0 Å². The Hall–Kier alpha value is -1.42. The molecule has 236 valence electrons. The van der Waals surface area contributed by atoms with E-state index in [0.717, 1.165) is 50.6 Å². The molecule has 1 aliphatic carbocycles. The fourth-order valence-electron chi connectivity index (χ4n) is 5.86. The lowest BCUT2D eigenvalue weighted by atomic mass is 9.88. The van der Waals surface area contributed by atoms with Crippen molar-refractivity contribution in [1.82, 2.24) is 0 Å². The van der Waals surface area contributed by atoms with Crippen molar-refractivity contribution < 1.29 is 32.9 Å². The first kappa shape index (κ1) is 33.5. The monoisotopic (exact) mass is 622 g/mol. The topological polar surface area (TPSA) is 72.5 Å². The zero-order valence-corrected chi connectivity index (χ0v) is 27.9. The van der Waals surface area contributed by atoms with Crippen LogP contribution >= 0.6 is 11.6 Å². The molecule has 1 saturated carbocycles. The summed E-state index contributed by atoms with van der Waals surface area (Å²) in [6.07, 6.45) is 9.83.